The van der Waals surface area contributed by atoms with E-state index >= 15 is 0 Å². The molecule has 15 heavy (non-hydrogen) atoms. The fraction of sp³-hybridized carbons (Fsp3) is 0.636. The maximum absolute atomic E-state index is 5.91. The van der Waals surface area contributed by atoms with E-state index in [-0.39, 0.29) is 0 Å². The summed E-state index contributed by atoms with van der Waals surface area (Å²) in [7, 11) is 0. The summed E-state index contributed by atoms with van der Waals surface area (Å²) in [4.78, 5) is 10.9. The van der Waals surface area contributed by atoms with Gasteiger partial charge in [0.1, 0.15) is 18.0 Å². The van der Waals surface area contributed by atoms with Gasteiger partial charge in [-0.3, -0.25) is 0 Å². The summed E-state index contributed by atoms with van der Waals surface area (Å²) >= 11 is 0. The Morgan fingerprint density at radius 3 is 2.87 bits per heavy atom. The van der Waals surface area contributed by atoms with Gasteiger partial charge in [-0.25, -0.2) is 9.97 Å². The molecule has 0 radical (unpaired) electrons. The van der Waals surface area contributed by atoms with E-state index in [1.165, 1.54) is 19.3 Å². The summed E-state index contributed by atoms with van der Waals surface area (Å²) in [5, 5.41) is 0. The molecule has 1 fully saturated rings. The number of nitrogen functional groups attached to an aromatic ring is 1. The molecule has 0 amide bonds. The van der Waals surface area contributed by atoms with E-state index in [0.717, 1.165) is 17.9 Å². The third kappa shape index (κ3) is 1.20. The minimum absolute atomic E-state index is 0.474. The molecule has 80 valence electrons. The summed E-state index contributed by atoms with van der Waals surface area (Å²) < 4.78 is 0. The SMILES string of the molecule is CC1CN(C2CCC2)c2ncnc(N)c21. The molecule has 2 aliphatic rings. The molecule has 1 atom stereocenters. The maximum Gasteiger partial charge on any atom is 0.137 e. The molecule has 2 heterocycles. The van der Waals surface area contributed by atoms with Crippen LogP contribution < -0.4 is 10.6 Å². The lowest BCUT2D eigenvalue weighted by Gasteiger charge is -2.36. The third-order valence-electron chi connectivity index (χ3n) is 3.64. The van der Waals surface area contributed by atoms with Crippen molar-refractivity contribution in [1.82, 2.24) is 9.97 Å². The van der Waals surface area contributed by atoms with Crippen molar-refractivity contribution in [3.05, 3.63) is 11.9 Å². The van der Waals surface area contributed by atoms with Crippen molar-refractivity contribution in [2.24, 2.45) is 0 Å². The molecule has 1 aromatic rings. The first kappa shape index (κ1) is 8.95. The van der Waals surface area contributed by atoms with Crippen LogP contribution in [0.4, 0.5) is 11.6 Å². The number of hydrogen-bond acceptors (Lipinski definition) is 4. The van der Waals surface area contributed by atoms with Crippen LogP contribution in [0.5, 0.6) is 0 Å². The van der Waals surface area contributed by atoms with Crippen LogP contribution in [0.2, 0.25) is 0 Å². The normalized spacial score (nSPS) is 25.1. The van der Waals surface area contributed by atoms with Crippen molar-refractivity contribution in [2.45, 2.75) is 38.1 Å². The number of hydrogen-bond donors (Lipinski definition) is 1. The van der Waals surface area contributed by atoms with Crippen molar-refractivity contribution >= 4 is 11.6 Å². The summed E-state index contributed by atoms with van der Waals surface area (Å²) in [5.74, 6) is 2.22. The molecule has 1 aliphatic carbocycles. The quantitative estimate of drug-likeness (QED) is 0.753. The number of nitrogens with two attached hydrogens (primary N) is 1. The van der Waals surface area contributed by atoms with Gasteiger partial charge in [0.25, 0.3) is 0 Å². The Bertz CT molecular complexity index is 386. The fourth-order valence-corrected chi connectivity index (χ4v) is 2.59. The molecule has 0 bridgehead atoms. The average molecular weight is 204 g/mol. The molecule has 0 aromatic carbocycles. The Labute approximate surface area is 89.5 Å². The van der Waals surface area contributed by atoms with Crippen LogP contribution >= 0.6 is 0 Å². The van der Waals surface area contributed by atoms with E-state index in [9.17, 15) is 0 Å². The van der Waals surface area contributed by atoms with Crippen LogP contribution in [0.1, 0.15) is 37.7 Å². The van der Waals surface area contributed by atoms with Gasteiger partial charge in [-0.1, -0.05) is 6.92 Å². The van der Waals surface area contributed by atoms with Crippen molar-refractivity contribution < 1.29 is 0 Å². The summed E-state index contributed by atoms with van der Waals surface area (Å²) in [6, 6.07) is 0.697. The van der Waals surface area contributed by atoms with Gasteiger partial charge in [0.15, 0.2) is 0 Å². The molecule has 4 nitrogen and oxygen atoms in total. The van der Waals surface area contributed by atoms with Crippen LogP contribution in [0.15, 0.2) is 6.33 Å². The molecule has 1 saturated carbocycles. The zero-order valence-electron chi connectivity index (χ0n) is 8.98. The van der Waals surface area contributed by atoms with Gasteiger partial charge in [0, 0.05) is 24.1 Å². The number of nitrogens with zero attached hydrogens (tertiary/aromatic N) is 3. The van der Waals surface area contributed by atoms with Crippen LogP contribution in [-0.4, -0.2) is 22.6 Å². The van der Waals surface area contributed by atoms with E-state index in [1.807, 2.05) is 0 Å². The minimum atomic E-state index is 0.474. The van der Waals surface area contributed by atoms with E-state index in [1.54, 1.807) is 6.33 Å². The average Bonchev–Trinajstić information content (AvgIpc) is 2.43. The zero-order valence-corrected chi connectivity index (χ0v) is 8.98. The summed E-state index contributed by atoms with van der Waals surface area (Å²) in [6.45, 7) is 3.26. The molecule has 0 saturated heterocycles. The van der Waals surface area contributed by atoms with E-state index in [4.69, 9.17) is 5.73 Å². The van der Waals surface area contributed by atoms with Gasteiger partial charge in [-0.2, -0.15) is 0 Å². The van der Waals surface area contributed by atoms with E-state index in [2.05, 4.69) is 21.8 Å². The maximum atomic E-state index is 5.91. The molecule has 2 N–H and O–H groups in total. The standard InChI is InChI=1S/C11H16N4/c1-7-5-15(8-3-2-4-8)11-9(7)10(12)13-6-14-11/h6-8H,2-5H2,1H3,(H2,12,13,14). The second-order valence-corrected chi connectivity index (χ2v) is 4.63. The monoisotopic (exact) mass is 204 g/mol. The highest BCUT2D eigenvalue weighted by molar-refractivity contribution is 5.63. The lowest BCUT2D eigenvalue weighted by atomic mass is 9.92. The van der Waals surface area contributed by atoms with Crippen molar-refractivity contribution in [2.75, 3.05) is 17.2 Å². The van der Waals surface area contributed by atoms with Crippen LogP contribution in [0.25, 0.3) is 0 Å². The Balaban J connectivity index is 2.01. The van der Waals surface area contributed by atoms with E-state index < -0.39 is 0 Å². The van der Waals surface area contributed by atoms with Crippen LogP contribution in [0, 0.1) is 0 Å². The Morgan fingerprint density at radius 1 is 1.40 bits per heavy atom. The first-order valence-electron chi connectivity index (χ1n) is 5.64. The zero-order chi connectivity index (χ0) is 10.4. The molecule has 3 rings (SSSR count). The van der Waals surface area contributed by atoms with Crippen molar-refractivity contribution in [1.29, 1.82) is 0 Å². The molecule has 1 aliphatic heterocycles. The predicted molar refractivity (Wildman–Crippen MR) is 59.8 cm³/mol. The molecular formula is C11H16N4. The molecule has 1 unspecified atom stereocenters. The number of aromatic nitrogens is 2. The Morgan fingerprint density at radius 2 is 2.20 bits per heavy atom. The highest BCUT2D eigenvalue weighted by atomic mass is 15.3. The van der Waals surface area contributed by atoms with Gasteiger partial charge in [-0.05, 0) is 19.3 Å². The fourth-order valence-electron chi connectivity index (χ4n) is 2.59. The molecular weight excluding hydrogens is 188 g/mol. The highest BCUT2D eigenvalue weighted by Crippen LogP contribution is 2.41. The lowest BCUT2D eigenvalue weighted by Crippen LogP contribution is -2.39. The Kier molecular flexibility index (Phi) is 1.84. The first-order valence-corrected chi connectivity index (χ1v) is 5.64. The molecule has 4 heteroatoms. The van der Waals surface area contributed by atoms with Crippen molar-refractivity contribution in [3.63, 3.8) is 0 Å². The topological polar surface area (TPSA) is 55.0 Å². The first-order chi connectivity index (χ1) is 7.27. The Hall–Kier alpha value is -1.32. The number of anilines is 2. The summed E-state index contributed by atoms with van der Waals surface area (Å²) in [5.41, 5.74) is 7.06. The smallest absolute Gasteiger partial charge is 0.137 e. The number of rotatable bonds is 1. The molecule has 0 spiro atoms. The van der Waals surface area contributed by atoms with Crippen LogP contribution in [-0.2, 0) is 0 Å². The van der Waals surface area contributed by atoms with Gasteiger partial charge in [0.2, 0.25) is 0 Å². The third-order valence-corrected chi connectivity index (χ3v) is 3.64. The van der Waals surface area contributed by atoms with Crippen molar-refractivity contribution in [3.8, 4) is 0 Å². The summed E-state index contributed by atoms with van der Waals surface area (Å²) in [6.07, 6.45) is 5.54. The van der Waals surface area contributed by atoms with Gasteiger partial charge < -0.3 is 10.6 Å². The van der Waals surface area contributed by atoms with Gasteiger partial charge in [0.05, 0.1) is 0 Å². The van der Waals surface area contributed by atoms with Gasteiger partial charge in [-0.15, -0.1) is 0 Å². The van der Waals surface area contributed by atoms with Crippen LogP contribution in [0.3, 0.4) is 0 Å². The lowest BCUT2D eigenvalue weighted by molar-refractivity contribution is 0.387. The second-order valence-electron chi connectivity index (χ2n) is 4.63. The second kappa shape index (κ2) is 3.08. The molecule has 1 aromatic heterocycles. The minimum Gasteiger partial charge on any atom is -0.383 e. The van der Waals surface area contributed by atoms with Gasteiger partial charge >= 0.3 is 0 Å². The highest BCUT2D eigenvalue weighted by Gasteiger charge is 2.35. The largest absolute Gasteiger partial charge is 0.383 e. The van der Waals surface area contributed by atoms with E-state index in [0.29, 0.717) is 17.8 Å². The number of fused-ring (bicyclic) bond motifs is 1. The predicted octanol–water partition coefficient (Wildman–Crippen LogP) is 1.53.